The number of aromatic nitrogens is 2. The highest BCUT2D eigenvalue weighted by molar-refractivity contribution is 7.92. The Bertz CT molecular complexity index is 955. The van der Waals surface area contributed by atoms with Gasteiger partial charge >= 0.3 is 0 Å². The summed E-state index contributed by atoms with van der Waals surface area (Å²) < 4.78 is 26.6. The van der Waals surface area contributed by atoms with E-state index in [0.717, 1.165) is 16.7 Å². The van der Waals surface area contributed by atoms with Crippen molar-refractivity contribution in [2.45, 2.75) is 6.42 Å². The van der Waals surface area contributed by atoms with Crippen molar-refractivity contribution >= 4 is 16.1 Å². The third-order valence-corrected chi connectivity index (χ3v) is 4.79. The smallest absolute Gasteiger partial charge is 0.233 e. The fourth-order valence-electron chi connectivity index (χ4n) is 2.34. The topological polar surface area (TPSA) is 72.0 Å². The Morgan fingerprint density at radius 3 is 2.15 bits per heavy atom. The summed E-state index contributed by atoms with van der Waals surface area (Å²) in [6.45, 7) is 0.287. The quantitative estimate of drug-likeness (QED) is 0.697. The normalized spacial score (nSPS) is 11.7. The van der Waals surface area contributed by atoms with Gasteiger partial charge in [0.1, 0.15) is 0 Å². The van der Waals surface area contributed by atoms with Crippen molar-refractivity contribution in [1.29, 1.82) is 0 Å². The zero-order chi connectivity index (χ0) is 18.2. The van der Waals surface area contributed by atoms with Gasteiger partial charge in [-0.25, -0.2) is 23.1 Å². The van der Waals surface area contributed by atoms with E-state index in [1.165, 1.54) is 5.41 Å². The zero-order valence-corrected chi connectivity index (χ0v) is 14.9. The van der Waals surface area contributed by atoms with Crippen LogP contribution in [-0.2, 0) is 16.4 Å². The van der Waals surface area contributed by atoms with Gasteiger partial charge in [-0.2, -0.15) is 0 Å². The van der Waals surface area contributed by atoms with Gasteiger partial charge in [-0.15, -0.1) is 0 Å². The van der Waals surface area contributed by atoms with E-state index in [1.807, 2.05) is 60.7 Å². The molecule has 0 aliphatic heterocycles. The van der Waals surface area contributed by atoms with Crippen LogP contribution in [0.25, 0.3) is 17.5 Å². The molecular weight excluding hydrogens is 346 g/mol. The molecule has 132 valence electrons. The second-order valence-corrected chi connectivity index (χ2v) is 7.33. The fraction of sp³-hybridized carbons (Fsp3) is 0.100. The molecule has 1 aromatic heterocycles. The van der Waals surface area contributed by atoms with Crippen LogP contribution in [0.5, 0.6) is 0 Å². The summed E-state index contributed by atoms with van der Waals surface area (Å²) in [6, 6.07) is 19.0. The molecule has 5 nitrogen and oxygen atoms in total. The summed E-state index contributed by atoms with van der Waals surface area (Å²) in [5.74, 6) is 0.653. The van der Waals surface area contributed by atoms with Crippen molar-refractivity contribution in [3.05, 3.63) is 89.6 Å². The maximum Gasteiger partial charge on any atom is 0.233 e. The third-order valence-electron chi connectivity index (χ3n) is 3.69. The lowest BCUT2D eigenvalue weighted by atomic mass is 10.2. The Morgan fingerprint density at radius 2 is 1.50 bits per heavy atom. The van der Waals surface area contributed by atoms with Gasteiger partial charge in [0, 0.05) is 29.9 Å². The van der Waals surface area contributed by atoms with Crippen LogP contribution >= 0.6 is 0 Å². The molecule has 2 aromatic carbocycles. The van der Waals surface area contributed by atoms with E-state index in [-0.39, 0.29) is 6.54 Å². The third kappa shape index (κ3) is 5.34. The summed E-state index contributed by atoms with van der Waals surface area (Å²) >= 11 is 0. The van der Waals surface area contributed by atoms with Gasteiger partial charge in [0.2, 0.25) is 10.0 Å². The molecule has 1 N–H and O–H groups in total. The molecule has 0 unspecified atom stereocenters. The molecule has 6 heteroatoms. The van der Waals surface area contributed by atoms with Crippen LogP contribution in [-0.4, -0.2) is 24.9 Å². The Balaban J connectivity index is 1.53. The number of nitrogens with one attached hydrogen (secondary N) is 1. The summed E-state index contributed by atoms with van der Waals surface area (Å²) in [5, 5.41) is 1.18. The van der Waals surface area contributed by atoms with Crippen LogP contribution in [0.15, 0.2) is 78.5 Å². The van der Waals surface area contributed by atoms with Crippen molar-refractivity contribution in [2.75, 3.05) is 6.54 Å². The SMILES string of the molecule is O=S(=O)(/C=C/c1ccccc1)NCCc1cnc(-c2ccccc2)nc1. The highest BCUT2D eigenvalue weighted by atomic mass is 32.2. The summed E-state index contributed by atoms with van der Waals surface area (Å²) in [6.07, 6.45) is 5.54. The van der Waals surface area contributed by atoms with Crippen LogP contribution < -0.4 is 4.72 Å². The highest BCUT2D eigenvalue weighted by Gasteiger charge is 2.05. The molecule has 0 spiro atoms. The molecule has 0 saturated carbocycles. The second-order valence-electron chi connectivity index (χ2n) is 5.68. The number of sulfonamides is 1. The van der Waals surface area contributed by atoms with Gasteiger partial charge in [0.15, 0.2) is 5.82 Å². The molecule has 0 aliphatic carbocycles. The van der Waals surface area contributed by atoms with E-state index in [0.29, 0.717) is 12.2 Å². The van der Waals surface area contributed by atoms with Gasteiger partial charge in [0.05, 0.1) is 0 Å². The Morgan fingerprint density at radius 1 is 0.885 bits per heavy atom. The van der Waals surface area contributed by atoms with Gasteiger partial charge in [0.25, 0.3) is 0 Å². The van der Waals surface area contributed by atoms with E-state index in [9.17, 15) is 8.42 Å². The first-order valence-corrected chi connectivity index (χ1v) is 9.76. The van der Waals surface area contributed by atoms with Crippen LogP contribution in [0.1, 0.15) is 11.1 Å². The first-order valence-electron chi connectivity index (χ1n) is 8.21. The van der Waals surface area contributed by atoms with E-state index < -0.39 is 10.0 Å². The highest BCUT2D eigenvalue weighted by Crippen LogP contribution is 2.13. The minimum absolute atomic E-state index is 0.287. The van der Waals surface area contributed by atoms with Gasteiger partial charge in [-0.05, 0) is 23.6 Å². The number of nitrogens with zero attached hydrogens (tertiary/aromatic N) is 2. The minimum Gasteiger partial charge on any atom is -0.236 e. The van der Waals surface area contributed by atoms with Crippen LogP contribution in [0.2, 0.25) is 0 Å². The van der Waals surface area contributed by atoms with Crippen molar-refractivity contribution in [3.8, 4) is 11.4 Å². The molecule has 0 fully saturated rings. The van der Waals surface area contributed by atoms with E-state index >= 15 is 0 Å². The largest absolute Gasteiger partial charge is 0.236 e. The molecule has 0 radical (unpaired) electrons. The first-order chi connectivity index (χ1) is 12.6. The predicted molar refractivity (Wildman–Crippen MR) is 104 cm³/mol. The average molecular weight is 365 g/mol. The van der Waals surface area contributed by atoms with Crippen molar-refractivity contribution in [2.24, 2.45) is 0 Å². The van der Waals surface area contributed by atoms with Gasteiger partial charge in [-0.3, -0.25) is 0 Å². The molecule has 0 aliphatic rings. The summed E-state index contributed by atoms with van der Waals surface area (Å²) in [4.78, 5) is 8.68. The summed E-state index contributed by atoms with van der Waals surface area (Å²) in [7, 11) is -3.47. The lowest BCUT2D eigenvalue weighted by Crippen LogP contribution is -2.23. The van der Waals surface area contributed by atoms with E-state index in [4.69, 9.17) is 0 Å². The fourth-order valence-corrected chi connectivity index (χ4v) is 3.16. The van der Waals surface area contributed by atoms with Crippen LogP contribution in [0.3, 0.4) is 0 Å². The van der Waals surface area contributed by atoms with Gasteiger partial charge in [-0.1, -0.05) is 60.7 Å². The first kappa shape index (κ1) is 18.0. The molecule has 0 atom stereocenters. The van der Waals surface area contributed by atoms with Crippen molar-refractivity contribution in [3.63, 3.8) is 0 Å². The number of benzene rings is 2. The molecule has 3 aromatic rings. The maximum atomic E-state index is 12.0. The second kappa shape index (κ2) is 8.51. The molecule has 0 amide bonds. The van der Waals surface area contributed by atoms with E-state index in [2.05, 4.69) is 14.7 Å². The molecular formula is C20H19N3O2S. The minimum atomic E-state index is -3.47. The lowest BCUT2D eigenvalue weighted by Gasteiger charge is -2.04. The number of hydrogen-bond donors (Lipinski definition) is 1. The number of rotatable bonds is 7. The zero-order valence-electron chi connectivity index (χ0n) is 14.1. The predicted octanol–water partition coefficient (Wildman–Crippen LogP) is 3.28. The van der Waals surface area contributed by atoms with Crippen molar-refractivity contribution in [1.82, 2.24) is 14.7 Å². The maximum absolute atomic E-state index is 12.0. The van der Waals surface area contributed by atoms with E-state index in [1.54, 1.807) is 18.5 Å². The van der Waals surface area contributed by atoms with Crippen LogP contribution in [0, 0.1) is 0 Å². The molecule has 0 saturated heterocycles. The Hall–Kier alpha value is -2.83. The Labute approximate surface area is 153 Å². The summed E-state index contributed by atoms with van der Waals surface area (Å²) in [5.41, 5.74) is 2.66. The molecule has 0 bridgehead atoms. The average Bonchev–Trinajstić information content (AvgIpc) is 2.68. The molecule has 26 heavy (non-hydrogen) atoms. The van der Waals surface area contributed by atoms with Crippen LogP contribution in [0.4, 0.5) is 0 Å². The Kier molecular flexibility index (Phi) is 5.88. The van der Waals surface area contributed by atoms with Gasteiger partial charge < -0.3 is 0 Å². The molecule has 3 rings (SSSR count). The molecule has 1 heterocycles. The van der Waals surface area contributed by atoms with Crippen molar-refractivity contribution < 1.29 is 8.42 Å². The monoisotopic (exact) mass is 365 g/mol. The lowest BCUT2D eigenvalue weighted by molar-refractivity contribution is 0.591. The standard InChI is InChI=1S/C20H19N3O2S/c24-26(25,14-12-17-7-3-1-4-8-17)23-13-11-18-15-21-20(22-16-18)19-9-5-2-6-10-19/h1-10,12,14-16,23H,11,13H2/b14-12+. The number of hydrogen-bond acceptors (Lipinski definition) is 4.